The van der Waals surface area contributed by atoms with Crippen molar-refractivity contribution >= 4 is 6.09 Å². The van der Waals surface area contributed by atoms with E-state index in [9.17, 15) is 4.79 Å². The minimum atomic E-state index is -0.848. The van der Waals surface area contributed by atoms with Crippen LogP contribution in [-0.2, 0) is 4.74 Å². The second-order valence-electron chi connectivity index (χ2n) is 2.76. The Hall–Kier alpha value is -1.62. The number of carbonyl (C=O) groups excluding carboxylic acids is 1. The summed E-state index contributed by atoms with van der Waals surface area (Å²) in [6.45, 7) is -0.0901. The number of nitrogens with zero attached hydrogens (tertiary/aromatic N) is 1. The minimum absolute atomic E-state index is 0.0445. The maximum atomic E-state index is 10.3. The SMILES string of the molecule is NC(=O)OCC(CO)c1ccccn1. The summed E-state index contributed by atoms with van der Waals surface area (Å²) in [4.78, 5) is 14.4. The van der Waals surface area contributed by atoms with Gasteiger partial charge in [0.2, 0.25) is 0 Å². The average molecular weight is 196 g/mol. The van der Waals surface area contributed by atoms with Crippen molar-refractivity contribution in [2.24, 2.45) is 5.73 Å². The summed E-state index contributed by atoms with van der Waals surface area (Å²) in [5, 5.41) is 9.02. The van der Waals surface area contributed by atoms with Crippen LogP contribution in [-0.4, -0.2) is 29.4 Å². The third-order valence-electron chi connectivity index (χ3n) is 1.75. The van der Waals surface area contributed by atoms with Crippen LogP contribution in [0.1, 0.15) is 11.6 Å². The number of rotatable bonds is 4. The van der Waals surface area contributed by atoms with Gasteiger partial charge in [-0.1, -0.05) is 6.07 Å². The molecule has 5 heteroatoms. The number of pyridine rings is 1. The van der Waals surface area contributed by atoms with Gasteiger partial charge in [0, 0.05) is 11.9 Å². The number of nitrogens with two attached hydrogens (primary N) is 1. The highest BCUT2D eigenvalue weighted by molar-refractivity contribution is 5.64. The lowest BCUT2D eigenvalue weighted by molar-refractivity contribution is 0.132. The number of hydrogen-bond acceptors (Lipinski definition) is 4. The van der Waals surface area contributed by atoms with E-state index >= 15 is 0 Å². The molecule has 0 saturated carbocycles. The molecule has 0 aromatic carbocycles. The lowest BCUT2D eigenvalue weighted by Crippen LogP contribution is -2.20. The molecule has 1 amide bonds. The van der Waals surface area contributed by atoms with Crippen LogP contribution >= 0.6 is 0 Å². The molecule has 0 fully saturated rings. The van der Waals surface area contributed by atoms with Crippen LogP contribution in [0.2, 0.25) is 0 Å². The van der Waals surface area contributed by atoms with Crippen LogP contribution in [0.25, 0.3) is 0 Å². The monoisotopic (exact) mass is 196 g/mol. The molecule has 0 radical (unpaired) electrons. The Morgan fingerprint density at radius 1 is 1.64 bits per heavy atom. The Bertz CT molecular complexity index is 289. The molecule has 1 heterocycles. The summed E-state index contributed by atoms with van der Waals surface area (Å²) in [6.07, 6.45) is 0.766. The molecule has 0 aliphatic rings. The van der Waals surface area contributed by atoms with Crippen LogP contribution in [0.3, 0.4) is 0 Å². The first-order valence-electron chi connectivity index (χ1n) is 4.18. The molecule has 76 valence electrons. The number of ether oxygens (including phenoxy) is 1. The molecule has 14 heavy (non-hydrogen) atoms. The summed E-state index contributed by atoms with van der Waals surface area (Å²) in [5.74, 6) is -0.316. The van der Waals surface area contributed by atoms with Gasteiger partial charge in [-0.3, -0.25) is 4.98 Å². The Morgan fingerprint density at radius 3 is 2.93 bits per heavy atom. The van der Waals surface area contributed by atoms with Gasteiger partial charge < -0.3 is 15.6 Å². The van der Waals surface area contributed by atoms with Crippen molar-refractivity contribution < 1.29 is 14.6 Å². The van der Waals surface area contributed by atoms with Crippen LogP contribution in [0.4, 0.5) is 4.79 Å². The predicted octanol–water partition coefficient (Wildman–Crippen LogP) is 0.253. The van der Waals surface area contributed by atoms with Gasteiger partial charge in [0.25, 0.3) is 0 Å². The smallest absolute Gasteiger partial charge is 0.404 e. The molecule has 0 aliphatic heterocycles. The quantitative estimate of drug-likeness (QED) is 0.722. The van der Waals surface area contributed by atoms with Crippen molar-refractivity contribution in [1.82, 2.24) is 4.98 Å². The molecular formula is C9H12N2O3. The first-order chi connectivity index (χ1) is 6.74. The van der Waals surface area contributed by atoms with E-state index in [1.165, 1.54) is 0 Å². The van der Waals surface area contributed by atoms with Crippen molar-refractivity contribution in [3.05, 3.63) is 30.1 Å². The largest absolute Gasteiger partial charge is 0.449 e. The van der Waals surface area contributed by atoms with Gasteiger partial charge in [0.05, 0.1) is 12.5 Å². The summed E-state index contributed by atoms with van der Waals surface area (Å²) in [6, 6.07) is 5.33. The number of hydrogen-bond donors (Lipinski definition) is 2. The third kappa shape index (κ3) is 3.02. The fraction of sp³-hybridized carbons (Fsp3) is 0.333. The van der Waals surface area contributed by atoms with Crippen molar-refractivity contribution in [3.8, 4) is 0 Å². The Labute approximate surface area is 81.5 Å². The highest BCUT2D eigenvalue weighted by atomic mass is 16.5. The molecule has 3 N–H and O–H groups in total. The molecule has 1 rings (SSSR count). The van der Waals surface area contributed by atoms with Crippen molar-refractivity contribution in [1.29, 1.82) is 0 Å². The van der Waals surface area contributed by atoms with Gasteiger partial charge in [-0.25, -0.2) is 4.79 Å². The fourth-order valence-electron chi connectivity index (χ4n) is 1.03. The van der Waals surface area contributed by atoms with E-state index in [1.807, 2.05) is 0 Å². The number of aliphatic hydroxyl groups excluding tert-OH is 1. The maximum absolute atomic E-state index is 10.3. The van der Waals surface area contributed by atoms with Crippen molar-refractivity contribution in [3.63, 3.8) is 0 Å². The van der Waals surface area contributed by atoms with E-state index in [1.54, 1.807) is 24.4 Å². The van der Waals surface area contributed by atoms with Gasteiger partial charge >= 0.3 is 6.09 Å². The van der Waals surface area contributed by atoms with Crippen LogP contribution in [0.15, 0.2) is 24.4 Å². The summed E-state index contributed by atoms with van der Waals surface area (Å²) in [7, 11) is 0. The summed E-state index contributed by atoms with van der Waals surface area (Å²) < 4.78 is 4.59. The standard InChI is InChI=1S/C9H12N2O3/c10-9(13)14-6-7(5-12)8-3-1-2-4-11-8/h1-4,7,12H,5-6H2,(H2,10,13). The second kappa shape index (κ2) is 5.18. The van der Waals surface area contributed by atoms with Gasteiger partial charge in [0.1, 0.15) is 6.61 Å². The van der Waals surface area contributed by atoms with Crippen molar-refractivity contribution in [2.75, 3.05) is 13.2 Å². The number of primary amides is 1. The molecule has 0 aliphatic carbocycles. The van der Waals surface area contributed by atoms with Crippen LogP contribution < -0.4 is 5.73 Å². The number of amides is 1. The molecule has 1 aromatic heterocycles. The number of aliphatic hydroxyl groups is 1. The van der Waals surface area contributed by atoms with Crippen LogP contribution in [0, 0.1) is 0 Å². The molecule has 0 saturated heterocycles. The molecule has 1 unspecified atom stereocenters. The van der Waals surface area contributed by atoms with E-state index in [2.05, 4.69) is 9.72 Å². The molecular weight excluding hydrogens is 184 g/mol. The van der Waals surface area contributed by atoms with E-state index in [0.29, 0.717) is 5.69 Å². The maximum Gasteiger partial charge on any atom is 0.404 e. The zero-order valence-corrected chi connectivity index (χ0v) is 7.59. The highest BCUT2D eigenvalue weighted by Gasteiger charge is 2.12. The summed E-state index contributed by atoms with van der Waals surface area (Å²) in [5.41, 5.74) is 5.49. The third-order valence-corrected chi connectivity index (χ3v) is 1.75. The Balaban J connectivity index is 2.58. The van der Waals surface area contributed by atoms with E-state index in [-0.39, 0.29) is 19.1 Å². The molecule has 5 nitrogen and oxygen atoms in total. The van der Waals surface area contributed by atoms with Gasteiger partial charge in [-0.2, -0.15) is 0 Å². The lowest BCUT2D eigenvalue weighted by atomic mass is 10.1. The minimum Gasteiger partial charge on any atom is -0.449 e. The highest BCUT2D eigenvalue weighted by Crippen LogP contribution is 2.11. The first kappa shape index (κ1) is 10.5. The lowest BCUT2D eigenvalue weighted by Gasteiger charge is -2.12. The second-order valence-corrected chi connectivity index (χ2v) is 2.76. The molecule has 0 bridgehead atoms. The first-order valence-corrected chi connectivity index (χ1v) is 4.18. The fourth-order valence-corrected chi connectivity index (χ4v) is 1.03. The van der Waals surface area contributed by atoms with Crippen molar-refractivity contribution in [2.45, 2.75) is 5.92 Å². The molecule has 1 aromatic rings. The zero-order chi connectivity index (χ0) is 10.4. The van der Waals surface area contributed by atoms with Gasteiger partial charge in [-0.15, -0.1) is 0 Å². The topological polar surface area (TPSA) is 85.4 Å². The van der Waals surface area contributed by atoms with Gasteiger partial charge in [-0.05, 0) is 12.1 Å². The van der Waals surface area contributed by atoms with E-state index in [4.69, 9.17) is 10.8 Å². The Kier molecular flexibility index (Phi) is 3.87. The summed E-state index contributed by atoms with van der Waals surface area (Å²) >= 11 is 0. The van der Waals surface area contributed by atoms with E-state index in [0.717, 1.165) is 0 Å². The zero-order valence-electron chi connectivity index (χ0n) is 7.59. The average Bonchev–Trinajstić information content (AvgIpc) is 2.20. The van der Waals surface area contributed by atoms with Crippen LogP contribution in [0.5, 0.6) is 0 Å². The van der Waals surface area contributed by atoms with Gasteiger partial charge in [0.15, 0.2) is 0 Å². The predicted molar refractivity (Wildman–Crippen MR) is 49.6 cm³/mol. The van der Waals surface area contributed by atoms with E-state index < -0.39 is 6.09 Å². The normalized spacial score (nSPS) is 12.1. The molecule has 1 atom stereocenters. The molecule has 0 spiro atoms. The number of carbonyl (C=O) groups is 1. The Morgan fingerprint density at radius 2 is 2.43 bits per heavy atom. The number of aromatic nitrogens is 1.